The predicted octanol–water partition coefficient (Wildman–Crippen LogP) is -0.371. The van der Waals surface area contributed by atoms with Gasteiger partial charge in [0.15, 0.2) is 0 Å². The summed E-state index contributed by atoms with van der Waals surface area (Å²) < 4.78 is 23.7. The number of amides is 1. The normalized spacial score (nSPS) is 11.2. The van der Waals surface area contributed by atoms with E-state index in [2.05, 4.69) is 10.3 Å². The standard InChI is InChI=1S/C14H16N4O4S/c1-10-8-16-9-18(14(10)20)7-6-17-13(19)11-2-4-12(5-3-11)23(15,21)22/h2-5,8-9H,6-7H2,1H3,(H,17,19)(H2,15,21,22). The van der Waals surface area contributed by atoms with Crippen LogP contribution in [0, 0.1) is 6.92 Å². The number of hydrogen-bond donors (Lipinski definition) is 2. The number of carbonyl (C=O) groups is 1. The lowest BCUT2D eigenvalue weighted by Gasteiger charge is -2.08. The highest BCUT2D eigenvalue weighted by atomic mass is 32.2. The summed E-state index contributed by atoms with van der Waals surface area (Å²) in [5.41, 5.74) is 0.663. The van der Waals surface area contributed by atoms with Gasteiger partial charge in [-0.2, -0.15) is 0 Å². The topological polar surface area (TPSA) is 124 Å². The SMILES string of the molecule is Cc1cncn(CCNC(=O)c2ccc(S(N)(=O)=O)cc2)c1=O. The van der Waals surface area contributed by atoms with Gasteiger partial charge >= 0.3 is 0 Å². The lowest BCUT2D eigenvalue weighted by molar-refractivity contribution is 0.0952. The van der Waals surface area contributed by atoms with Gasteiger partial charge in [-0.1, -0.05) is 0 Å². The smallest absolute Gasteiger partial charge is 0.256 e. The number of aryl methyl sites for hydroxylation is 1. The minimum Gasteiger partial charge on any atom is -0.350 e. The molecule has 0 aliphatic carbocycles. The van der Waals surface area contributed by atoms with Crippen LogP contribution in [-0.4, -0.2) is 30.4 Å². The Labute approximate surface area is 133 Å². The molecule has 8 nitrogen and oxygen atoms in total. The minimum atomic E-state index is -3.78. The molecule has 23 heavy (non-hydrogen) atoms. The molecule has 0 radical (unpaired) electrons. The van der Waals surface area contributed by atoms with Crippen LogP contribution in [0.2, 0.25) is 0 Å². The summed E-state index contributed by atoms with van der Waals surface area (Å²) in [6.07, 6.45) is 2.88. The molecule has 3 N–H and O–H groups in total. The fourth-order valence-electron chi connectivity index (χ4n) is 1.91. The van der Waals surface area contributed by atoms with Gasteiger partial charge in [0.1, 0.15) is 0 Å². The summed E-state index contributed by atoms with van der Waals surface area (Å²) in [4.78, 5) is 27.6. The van der Waals surface area contributed by atoms with Gasteiger partial charge in [0, 0.05) is 30.4 Å². The molecule has 2 aromatic rings. The van der Waals surface area contributed by atoms with E-state index >= 15 is 0 Å². The Kier molecular flexibility index (Phi) is 4.92. The predicted molar refractivity (Wildman–Crippen MR) is 83.4 cm³/mol. The molecular formula is C14H16N4O4S. The number of nitrogens with one attached hydrogen (secondary N) is 1. The Hall–Kier alpha value is -2.52. The highest BCUT2D eigenvalue weighted by Gasteiger charge is 2.10. The largest absolute Gasteiger partial charge is 0.350 e. The van der Waals surface area contributed by atoms with Crippen molar-refractivity contribution in [2.24, 2.45) is 5.14 Å². The second-order valence-electron chi connectivity index (χ2n) is 4.90. The van der Waals surface area contributed by atoms with E-state index in [9.17, 15) is 18.0 Å². The summed E-state index contributed by atoms with van der Waals surface area (Å²) in [5.74, 6) is -0.375. The lowest BCUT2D eigenvalue weighted by atomic mass is 10.2. The van der Waals surface area contributed by atoms with Crippen LogP contribution in [0.5, 0.6) is 0 Å². The van der Waals surface area contributed by atoms with Crippen LogP contribution in [0.1, 0.15) is 15.9 Å². The van der Waals surface area contributed by atoms with Crippen LogP contribution in [-0.2, 0) is 16.6 Å². The number of rotatable bonds is 5. The molecule has 1 aromatic carbocycles. The average molecular weight is 336 g/mol. The summed E-state index contributed by atoms with van der Waals surface area (Å²) in [6.45, 7) is 2.19. The third-order valence-electron chi connectivity index (χ3n) is 3.16. The molecule has 1 aromatic heterocycles. The van der Waals surface area contributed by atoms with E-state index < -0.39 is 10.0 Å². The number of carbonyl (C=O) groups excluding carboxylic acids is 1. The second kappa shape index (κ2) is 6.71. The maximum Gasteiger partial charge on any atom is 0.256 e. The number of nitrogens with two attached hydrogens (primary N) is 1. The van der Waals surface area contributed by atoms with Crippen molar-refractivity contribution in [2.45, 2.75) is 18.4 Å². The summed E-state index contributed by atoms with van der Waals surface area (Å²) >= 11 is 0. The first-order chi connectivity index (χ1) is 10.8. The molecule has 0 saturated carbocycles. The van der Waals surface area contributed by atoms with Crippen LogP contribution in [0.3, 0.4) is 0 Å². The molecule has 0 fully saturated rings. The number of primary sulfonamides is 1. The Bertz CT molecular complexity index is 872. The second-order valence-corrected chi connectivity index (χ2v) is 6.46. The van der Waals surface area contributed by atoms with Gasteiger partial charge < -0.3 is 5.32 Å². The molecule has 1 amide bonds. The molecule has 0 saturated heterocycles. The monoisotopic (exact) mass is 336 g/mol. The van der Waals surface area contributed by atoms with Crippen molar-refractivity contribution < 1.29 is 13.2 Å². The first-order valence-electron chi connectivity index (χ1n) is 6.71. The highest BCUT2D eigenvalue weighted by molar-refractivity contribution is 7.89. The number of nitrogens with zero attached hydrogens (tertiary/aromatic N) is 2. The van der Waals surface area contributed by atoms with E-state index in [4.69, 9.17) is 5.14 Å². The van der Waals surface area contributed by atoms with Crippen molar-refractivity contribution in [2.75, 3.05) is 6.54 Å². The number of aromatic nitrogens is 2. The molecule has 122 valence electrons. The first-order valence-corrected chi connectivity index (χ1v) is 8.26. The zero-order valence-electron chi connectivity index (χ0n) is 12.4. The van der Waals surface area contributed by atoms with E-state index in [0.29, 0.717) is 11.1 Å². The maximum absolute atomic E-state index is 12.0. The van der Waals surface area contributed by atoms with Crippen LogP contribution in [0.15, 0.2) is 46.5 Å². The molecule has 0 bridgehead atoms. The summed E-state index contributed by atoms with van der Waals surface area (Å²) in [6, 6.07) is 5.27. The van der Waals surface area contributed by atoms with Crippen molar-refractivity contribution in [1.29, 1.82) is 0 Å². The van der Waals surface area contributed by atoms with E-state index in [1.54, 1.807) is 6.92 Å². The molecular weight excluding hydrogens is 320 g/mol. The van der Waals surface area contributed by atoms with Crippen LogP contribution >= 0.6 is 0 Å². The molecule has 9 heteroatoms. The van der Waals surface area contributed by atoms with Crippen LogP contribution < -0.4 is 16.0 Å². The minimum absolute atomic E-state index is 0.0635. The fourth-order valence-corrected chi connectivity index (χ4v) is 2.42. The highest BCUT2D eigenvalue weighted by Crippen LogP contribution is 2.08. The number of benzene rings is 1. The quantitative estimate of drug-likeness (QED) is 0.771. The van der Waals surface area contributed by atoms with Crippen molar-refractivity contribution in [3.05, 3.63) is 58.3 Å². The van der Waals surface area contributed by atoms with Crippen LogP contribution in [0.25, 0.3) is 0 Å². The Balaban J connectivity index is 1.97. The van der Waals surface area contributed by atoms with E-state index in [0.717, 1.165) is 0 Å². The lowest BCUT2D eigenvalue weighted by Crippen LogP contribution is -2.31. The van der Waals surface area contributed by atoms with Crippen molar-refractivity contribution in [3.8, 4) is 0 Å². The van der Waals surface area contributed by atoms with Gasteiger partial charge in [-0.25, -0.2) is 18.5 Å². The van der Waals surface area contributed by atoms with Gasteiger partial charge in [-0.05, 0) is 31.2 Å². The molecule has 0 aliphatic rings. The fraction of sp³-hybridized carbons (Fsp3) is 0.214. The number of hydrogen-bond acceptors (Lipinski definition) is 5. The van der Waals surface area contributed by atoms with Crippen molar-refractivity contribution in [3.63, 3.8) is 0 Å². The average Bonchev–Trinajstić information content (AvgIpc) is 2.50. The zero-order chi connectivity index (χ0) is 17.0. The summed E-state index contributed by atoms with van der Waals surface area (Å²) in [5, 5.41) is 7.63. The van der Waals surface area contributed by atoms with Gasteiger partial charge in [-0.15, -0.1) is 0 Å². The van der Waals surface area contributed by atoms with Gasteiger partial charge in [0.05, 0.1) is 11.2 Å². The number of sulfonamides is 1. The van der Waals surface area contributed by atoms with E-state index in [1.165, 1.54) is 41.4 Å². The maximum atomic E-state index is 12.0. The molecule has 1 heterocycles. The van der Waals surface area contributed by atoms with Gasteiger partial charge in [0.25, 0.3) is 11.5 Å². The van der Waals surface area contributed by atoms with Crippen molar-refractivity contribution in [1.82, 2.24) is 14.9 Å². The zero-order valence-corrected chi connectivity index (χ0v) is 13.2. The van der Waals surface area contributed by atoms with Gasteiger partial charge in [0.2, 0.25) is 10.0 Å². The third kappa shape index (κ3) is 4.24. The molecule has 0 spiro atoms. The van der Waals surface area contributed by atoms with Gasteiger partial charge in [-0.3, -0.25) is 14.2 Å². The van der Waals surface area contributed by atoms with E-state index in [1.807, 2.05) is 0 Å². The Morgan fingerprint density at radius 3 is 2.57 bits per heavy atom. The summed E-state index contributed by atoms with van der Waals surface area (Å²) in [7, 11) is -3.78. The third-order valence-corrected chi connectivity index (χ3v) is 4.08. The molecule has 0 aliphatic heterocycles. The van der Waals surface area contributed by atoms with Crippen molar-refractivity contribution >= 4 is 15.9 Å². The van der Waals surface area contributed by atoms with Crippen LogP contribution in [0.4, 0.5) is 0 Å². The Morgan fingerprint density at radius 2 is 1.96 bits per heavy atom. The first kappa shape index (κ1) is 16.8. The van der Waals surface area contributed by atoms with E-state index in [-0.39, 0.29) is 29.5 Å². The molecule has 0 unspecified atom stereocenters. The molecule has 0 atom stereocenters. The molecule has 2 rings (SSSR count). The Morgan fingerprint density at radius 1 is 1.30 bits per heavy atom.